The first-order valence-corrected chi connectivity index (χ1v) is 7.42. The molecule has 1 fully saturated rings. The monoisotopic (exact) mass is 290 g/mol. The van der Waals surface area contributed by atoms with Gasteiger partial charge in [-0.05, 0) is 25.9 Å². The van der Waals surface area contributed by atoms with E-state index < -0.39 is 11.9 Å². The standard InChI is InChI=1S/C16H22N2O3/c19-15(20)10-13(11-18-14-6-8-17-9-7-14)16(21)12-4-2-1-3-5-12/h1-5,13-14,17-18H,6-11H2,(H,19,20). The van der Waals surface area contributed by atoms with Crippen LogP contribution in [-0.2, 0) is 4.79 Å². The minimum Gasteiger partial charge on any atom is -0.481 e. The third-order valence-corrected chi connectivity index (χ3v) is 3.84. The maximum atomic E-state index is 12.4. The number of hydrogen-bond donors (Lipinski definition) is 3. The van der Waals surface area contributed by atoms with Crippen LogP contribution in [-0.4, -0.2) is 42.5 Å². The Balaban J connectivity index is 1.96. The number of carbonyl (C=O) groups excluding carboxylic acids is 1. The van der Waals surface area contributed by atoms with E-state index in [0.29, 0.717) is 18.2 Å². The van der Waals surface area contributed by atoms with Gasteiger partial charge in [-0.2, -0.15) is 0 Å². The highest BCUT2D eigenvalue weighted by atomic mass is 16.4. The van der Waals surface area contributed by atoms with E-state index in [4.69, 9.17) is 5.11 Å². The fourth-order valence-corrected chi connectivity index (χ4v) is 2.64. The van der Waals surface area contributed by atoms with E-state index in [2.05, 4.69) is 10.6 Å². The Labute approximate surface area is 124 Å². The zero-order chi connectivity index (χ0) is 15.1. The van der Waals surface area contributed by atoms with Crippen molar-refractivity contribution in [2.75, 3.05) is 19.6 Å². The number of hydrogen-bond acceptors (Lipinski definition) is 4. The lowest BCUT2D eigenvalue weighted by atomic mass is 9.93. The summed E-state index contributed by atoms with van der Waals surface area (Å²) in [7, 11) is 0. The van der Waals surface area contributed by atoms with Crippen LogP contribution in [0.1, 0.15) is 29.6 Å². The van der Waals surface area contributed by atoms with Crippen LogP contribution in [0.5, 0.6) is 0 Å². The van der Waals surface area contributed by atoms with Gasteiger partial charge in [-0.3, -0.25) is 9.59 Å². The Morgan fingerprint density at radius 3 is 2.52 bits per heavy atom. The van der Waals surface area contributed by atoms with Crippen molar-refractivity contribution in [3.8, 4) is 0 Å². The molecule has 5 heteroatoms. The lowest BCUT2D eigenvalue weighted by Gasteiger charge is -2.25. The van der Waals surface area contributed by atoms with E-state index in [1.54, 1.807) is 24.3 Å². The number of carboxylic acid groups (broad SMARTS) is 1. The molecule has 0 spiro atoms. The minimum atomic E-state index is -0.934. The fraction of sp³-hybridized carbons (Fsp3) is 0.500. The lowest BCUT2D eigenvalue weighted by Crippen LogP contribution is -2.43. The van der Waals surface area contributed by atoms with Gasteiger partial charge < -0.3 is 15.7 Å². The molecule has 0 radical (unpaired) electrons. The quantitative estimate of drug-likeness (QED) is 0.660. The molecule has 1 aliphatic rings. The maximum absolute atomic E-state index is 12.4. The number of ketones is 1. The Hall–Kier alpha value is -1.72. The maximum Gasteiger partial charge on any atom is 0.304 e. The zero-order valence-corrected chi connectivity index (χ0v) is 12.0. The second-order valence-corrected chi connectivity index (χ2v) is 5.46. The van der Waals surface area contributed by atoms with E-state index in [0.717, 1.165) is 25.9 Å². The van der Waals surface area contributed by atoms with Gasteiger partial charge in [0, 0.05) is 24.1 Å². The molecule has 5 nitrogen and oxygen atoms in total. The van der Waals surface area contributed by atoms with E-state index in [1.807, 2.05) is 6.07 Å². The first kappa shape index (κ1) is 15.7. The third-order valence-electron chi connectivity index (χ3n) is 3.84. The predicted octanol–water partition coefficient (Wildman–Crippen LogP) is 1.30. The molecule has 0 amide bonds. The molecule has 1 heterocycles. The van der Waals surface area contributed by atoms with Gasteiger partial charge in [0.2, 0.25) is 0 Å². The number of aliphatic carboxylic acids is 1. The minimum absolute atomic E-state index is 0.0977. The predicted molar refractivity (Wildman–Crippen MR) is 80.4 cm³/mol. The van der Waals surface area contributed by atoms with Crippen molar-refractivity contribution in [3.63, 3.8) is 0 Å². The Kier molecular flexibility index (Phi) is 5.90. The van der Waals surface area contributed by atoms with E-state index in [9.17, 15) is 9.59 Å². The summed E-state index contributed by atoms with van der Waals surface area (Å²) in [5.74, 6) is -1.55. The first-order valence-electron chi connectivity index (χ1n) is 7.42. The average molecular weight is 290 g/mol. The van der Waals surface area contributed by atoms with E-state index >= 15 is 0 Å². The molecule has 21 heavy (non-hydrogen) atoms. The Morgan fingerprint density at radius 2 is 1.90 bits per heavy atom. The molecule has 0 saturated carbocycles. The summed E-state index contributed by atoms with van der Waals surface area (Å²) in [5, 5.41) is 15.7. The molecule has 1 aliphatic heterocycles. The van der Waals surface area contributed by atoms with E-state index in [1.165, 1.54) is 0 Å². The van der Waals surface area contributed by atoms with Gasteiger partial charge in [0.05, 0.1) is 6.42 Å². The molecule has 3 N–H and O–H groups in total. The summed E-state index contributed by atoms with van der Waals surface area (Å²) in [6.07, 6.45) is 1.89. The van der Waals surface area contributed by atoms with Gasteiger partial charge in [0.1, 0.15) is 0 Å². The molecule has 1 unspecified atom stereocenters. The van der Waals surface area contributed by atoms with Crippen LogP contribution < -0.4 is 10.6 Å². The second kappa shape index (κ2) is 7.90. The van der Waals surface area contributed by atoms with E-state index in [-0.39, 0.29) is 12.2 Å². The summed E-state index contributed by atoms with van der Waals surface area (Å²) in [6.45, 7) is 2.35. The molecule has 0 aromatic heterocycles. The molecular weight excluding hydrogens is 268 g/mol. The van der Waals surface area contributed by atoms with Crippen LogP contribution in [0.3, 0.4) is 0 Å². The highest BCUT2D eigenvalue weighted by molar-refractivity contribution is 5.99. The molecule has 1 aromatic rings. The van der Waals surface area contributed by atoms with Gasteiger partial charge in [0.25, 0.3) is 0 Å². The SMILES string of the molecule is O=C(O)CC(CNC1CCNCC1)C(=O)c1ccccc1. The molecule has 0 bridgehead atoms. The highest BCUT2D eigenvalue weighted by Crippen LogP contribution is 2.13. The summed E-state index contributed by atoms with van der Waals surface area (Å²) in [6, 6.07) is 9.28. The first-order chi connectivity index (χ1) is 10.2. The number of nitrogens with one attached hydrogen (secondary N) is 2. The molecule has 1 aromatic carbocycles. The summed E-state index contributed by atoms with van der Waals surface area (Å²) >= 11 is 0. The van der Waals surface area contributed by atoms with Crippen molar-refractivity contribution < 1.29 is 14.7 Å². The number of rotatable bonds is 7. The van der Waals surface area contributed by atoms with Gasteiger partial charge >= 0.3 is 5.97 Å². The van der Waals surface area contributed by atoms with Crippen LogP contribution in [0, 0.1) is 5.92 Å². The van der Waals surface area contributed by atoms with Crippen LogP contribution in [0.15, 0.2) is 30.3 Å². The lowest BCUT2D eigenvalue weighted by molar-refractivity contribution is -0.137. The van der Waals surface area contributed by atoms with Crippen LogP contribution in [0.2, 0.25) is 0 Å². The van der Waals surface area contributed by atoms with Gasteiger partial charge in [0.15, 0.2) is 5.78 Å². The van der Waals surface area contributed by atoms with Crippen LogP contribution >= 0.6 is 0 Å². The van der Waals surface area contributed by atoms with Crippen LogP contribution in [0.25, 0.3) is 0 Å². The Bertz CT molecular complexity index is 470. The van der Waals surface area contributed by atoms with Gasteiger partial charge in [-0.15, -0.1) is 0 Å². The summed E-state index contributed by atoms with van der Waals surface area (Å²) in [5.41, 5.74) is 0.580. The fourth-order valence-electron chi connectivity index (χ4n) is 2.64. The second-order valence-electron chi connectivity index (χ2n) is 5.46. The topological polar surface area (TPSA) is 78.4 Å². The van der Waals surface area contributed by atoms with Crippen molar-refractivity contribution in [1.29, 1.82) is 0 Å². The number of carbonyl (C=O) groups is 2. The van der Waals surface area contributed by atoms with Crippen molar-refractivity contribution in [1.82, 2.24) is 10.6 Å². The molecule has 1 saturated heterocycles. The molecule has 1 atom stereocenters. The van der Waals surface area contributed by atoms with Crippen molar-refractivity contribution in [3.05, 3.63) is 35.9 Å². The van der Waals surface area contributed by atoms with Gasteiger partial charge in [-0.25, -0.2) is 0 Å². The van der Waals surface area contributed by atoms with Crippen molar-refractivity contribution in [2.24, 2.45) is 5.92 Å². The normalized spacial score (nSPS) is 17.3. The average Bonchev–Trinajstić information content (AvgIpc) is 2.52. The van der Waals surface area contributed by atoms with Crippen molar-refractivity contribution in [2.45, 2.75) is 25.3 Å². The Morgan fingerprint density at radius 1 is 1.24 bits per heavy atom. The van der Waals surface area contributed by atoms with Gasteiger partial charge in [-0.1, -0.05) is 30.3 Å². The smallest absolute Gasteiger partial charge is 0.304 e. The van der Waals surface area contributed by atoms with Crippen molar-refractivity contribution >= 4 is 11.8 Å². The number of Topliss-reactive ketones (excluding diaryl/α,β-unsaturated/α-hetero) is 1. The third kappa shape index (κ3) is 4.95. The molecule has 2 rings (SSSR count). The summed E-state index contributed by atoms with van der Waals surface area (Å²) < 4.78 is 0. The zero-order valence-electron chi connectivity index (χ0n) is 12.0. The molecule has 0 aliphatic carbocycles. The highest BCUT2D eigenvalue weighted by Gasteiger charge is 2.24. The molecule has 114 valence electrons. The molecular formula is C16H22N2O3. The summed E-state index contributed by atoms with van der Waals surface area (Å²) in [4.78, 5) is 23.4. The largest absolute Gasteiger partial charge is 0.481 e. The number of piperidine rings is 1. The van der Waals surface area contributed by atoms with Crippen LogP contribution in [0.4, 0.5) is 0 Å². The number of carboxylic acids is 1. The number of benzene rings is 1.